The highest BCUT2D eigenvalue weighted by Crippen LogP contribution is 2.39. The molecular weight excluding hydrogens is 364 g/mol. The van der Waals surface area contributed by atoms with Crippen LogP contribution in [0.3, 0.4) is 0 Å². The van der Waals surface area contributed by atoms with E-state index in [0.717, 1.165) is 29.7 Å². The van der Waals surface area contributed by atoms with E-state index in [2.05, 4.69) is 14.1 Å². The van der Waals surface area contributed by atoms with Crippen molar-refractivity contribution in [2.24, 2.45) is 0 Å². The number of aryl methyl sites for hydroxylation is 2. The molecule has 0 radical (unpaired) electrons. The largest absolute Gasteiger partial charge is 0.507 e. The summed E-state index contributed by atoms with van der Waals surface area (Å²) in [5, 5.41) is 11.2. The van der Waals surface area contributed by atoms with Crippen molar-refractivity contribution in [1.82, 2.24) is 4.90 Å². The molecular formula is C24H29N2O3+. The highest BCUT2D eigenvalue weighted by molar-refractivity contribution is 6.46. The topological polar surface area (TPSA) is 62.0 Å². The van der Waals surface area contributed by atoms with Gasteiger partial charge in [-0.3, -0.25) is 9.59 Å². The molecule has 1 heterocycles. The zero-order chi connectivity index (χ0) is 21.1. The number of aliphatic hydroxyl groups excluding tert-OH is 1. The highest BCUT2D eigenvalue weighted by Gasteiger charge is 2.45. The Bertz CT molecular complexity index is 948. The van der Waals surface area contributed by atoms with Crippen molar-refractivity contribution in [2.45, 2.75) is 26.3 Å². The summed E-state index contributed by atoms with van der Waals surface area (Å²) in [5.41, 5.74) is 3.45. The first-order chi connectivity index (χ1) is 13.8. The number of rotatable bonds is 6. The molecule has 29 heavy (non-hydrogen) atoms. The fraction of sp³-hybridized carbons (Fsp3) is 0.333. The molecule has 0 bridgehead atoms. The van der Waals surface area contributed by atoms with E-state index in [1.54, 1.807) is 4.90 Å². The van der Waals surface area contributed by atoms with Crippen LogP contribution >= 0.6 is 0 Å². The molecule has 1 atom stereocenters. The zero-order valence-electron chi connectivity index (χ0n) is 17.5. The highest BCUT2D eigenvalue weighted by atomic mass is 16.3. The molecule has 2 aromatic rings. The van der Waals surface area contributed by atoms with Gasteiger partial charge in [0.15, 0.2) is 0 Å². The molecule has 0 aromatic heterocycles. The van der Waals surface area contributed by atoms with Crippen LogP contribution in [-0.2, 0) is 9.59 Å². The summed E-state index contributed by atoms with van der Waals surface area (Å²) in [6.45, 7) is 5.19. The van der Waals surface area contributed by atoms with Crippen LogP contribution in [0.25, 0.3) is 5.76 Å². The van der Waals surface area contributed by atoms with E-state index in [-0.39, 0.29) is 11.3 Å². The molecule has 2 aromatic carbocycles. The van der Waals surface area contributed by atoms with Crippen molar-refractivity contribution in [2.75, 3.05) is 27.2 Å². The molecule has 5 nitrogen and oxygen atoms in total. The Balaban J connectivity index is 2.12. The van der Waals surface area contributed by atoms with Gasteiger partial charge in [0.05, 0.1) is 32.3 Å². The quantitative estimate of drug-likeness (QED) is 0.450. The Morgan fingerprint density at radius 2 is 1.76 bits per heavy atom. The Morgan fingerprint density at radius 1 is 1.07 bits per heavy atom. The first-order valence-corrected chi connectivity index (χ1v) is 10.0. The summed E-state index contributed by atoms with van der Waals surface area (Å²) in [7, 11) is 4.12. The van der Waals surface area contributed by atoms with E-state index in [1.165, 1.54) is 4.90 Å². The van der Waals surface area contributed by atoms with Gasteiger partial charge in [-0.25, -0.2) is 0 Å². The zero-order valence-corrected chi connectivity index (χ0v) is 17.5. The second kappa shape index (κ2) is 8.62. The number of nitrogens with zero attached hydrogens (tertiary/aromatic N) is 1. The first-order valence-electron chi connectivity index (χ1n) is 10.0. The van der Waals surface area contributed by atoms with Crippen LogP contribution in [0.1, 0.15) is 34.7 Å². The summed E-state index contributed by atoms with van der Waals surface area (Å²) in [4.78, 5) is 28.8. The van der Waals surface area contributed by atoms with Crippen LogP contribution in [0.2, 0.25) is 0 Å². The van der Waals surface area contributed by atoms with Gasteiger partial charge in [0, 0.05) is 18.5 Å². The van der Waals surface area contributed by atoms with Crippen LogP contribution in [0.4, 0.5) is 0 Å². The van der Waals surface area contributed by atoms with Crippen LogP contribution in [0, 0.1) is 13.8 Å². The maximum atomic E-state index is 13.0. The third kappa shape index (κ3) is 4.25. The summed E-state index contributed by atoms with van der Waals surface area (Å²) in [5.74, 6) is -1.26. The lowest BCUT2D eigenvalue weighted by Gasteiger charge is -2.25. The number of carbonyl (C=O) groups excluding carboxylic acids is 2. The third-order valence-corrected chi connectivity index (χ3v) is 5.38. The number of amides is 1. The van der Waals surface area contributed by atoms with Gasteiger partial charge in [-0.1, -0.05) is 48.0 Å². The van der Waals surface area contributed by atoms with Crippen LogP contribution < -0.4 is 4.90 Å². The van der Waals surface area contributed by atoms with Gasteiger partial charge in [0.2, 0.25) is 0 Å². The van der Waals surface area contributed by atoms with Gasteiger partial charge < -0.3 is 14.9 Å². The van der Waals surface area contributed by atoms with Gasteiger partial charge in [-0.05, 0) is 31.0 Å². The molecule has 1 unspecified atom stereocenters. The van der Waals surface area contributed by atoms with Crippen molar-refractivity contribution >= 4 is 17.4 Å². The van der Waals surface area contributed by atoms with Gasteiger partial charge >= 0.3 is 0 Å². The maximum absolute atomic E-state index is 13.0. The van der Waals surface area contributed by atoms with Crippen LogP contribution in [0.15, 0.2) is 54.1 Å². The fourth-order valence-electron chi connectivity index (χ4n) is 3.83. The molecule has 5 heteroatoms. The molecule has 2 N–H and O–H groups in total. The fourth-order valence-corrected chi connectivity index (χ4v) is 3.83. The molecule has 0 spiro atoms. The second-order valence-corrected chi connectivity index (χ2v) is 8.03. The number of ketones is 1. The molecule has 1 fully saturated rings. The maximum Gasteiger partial charge on any atom is 0.295 e. The summed E-state index contributed by atoms with van der Waals surface area (Å²) < 4.78 is 0. The van der Waals surface area contributed by atoms with Crippen molar-refractivity contribution in [3.05, 3.63) is 76.4 Å². The molecule has 3 rings (SSSR count). The third-order valence-electron chi connectivity index (χ3n) is 5.38. The smallest absolute Gasteiger partial charge is 0.295 e. The lowest BCUT2D eigenvalue weighted by Crippen LogP contribution is -3.05. The van der Waals surface area contributed by atoms with E-state index < -0.39 is 17.7 Å². The predicted octanol–water partition coefficient (Wildman–Crippen LogP) is 2.26. The predicted molar refractivity (Wildman–Crippen MR) is 114 cm³/mol. The van der Waals surface area contributed by atoms with Gasteiger partial charge in [-0.2, -0.15) is 0 Å². The van der Waals surface area contributed by atoms with E-state index >= 15 is 0 Å². The monoisotopic (exact) mass is 393 g/mol. The molecule has 1 aliphatic heterocycles. The molecule has 1 saturated heterocycles. The number of benzene rings is 2. The van der Waals surface area contributed by atoms with Gasteiger partial charge in [-0.15, -0.1) is 0 Å². The number of hydrogen-bond donors (Lipinski definition) is 2. The van der Waals surface area contributed by atoms with Crippen molar-refractivity contribution in [1.29, 1.82) is 0 Å². The average Bonchev–Trinajstić information content (AvgIpc) is 2.94. The number of Topliss-reactive ketones (excluding diaryl/α,β-unsaturated/α-hetero) is 1. The molecule has 1 amide bonds. The van der Waals surface area contributed by atoms with Gasteiger partial charge in [0.25, 0.3) is 11.7 Å². The number of carbonyl (C=O) groups is 2. The number of aliphatic hydroxyl groups is 1. The number of nitrogens with one attached hydrogen (secondary N) is 1. The van der Waals surface area contributed by atoms with Crippen molar-refractivity contribution < 1.29 is 19.6 Å². The van der Waals surface area contributed by atoms with E-state index in [0.29, 0.717) is 12.1 Å². The lowest BCUT2D eigenvalue weighted by atomic mass is 9.93. The van der Waals surface area contributed by atoms with Crippen LogP contribution in [-0.4, -0.2) is 48.9 Å². The normalized spacial score (nSPS) is 18.7. The number of quaternary nitrogens is 1. The first kappa shape index (κ1) is 20.8. The number of likely N-dealkylation sites (tertiary alicyclic amines) is 1. The Hall–Kier alpha value is -2.92. The Labute approximate surface area is 172 Å². The van der Waals surface area contributed by atoms with E-state index in [9.17, 15) is 14.7 Å². The summed E-state index contributed by atoms with van der Waals surface area (Å²) in [6, 6.07) is 14.6. The minimum absolute atomic E-state index is 0.0980. The van der Waals surface area contributed by atoms with Gasteiger partial charge in [0.1, 0.15) is 5.76 Å². The molecule has 1 aliphatic rings. The average molecular weight is 394 g/mol. The molecule has 0 aliphatic carbocycles. The van der Waals surface area contributed by atoms with Crippen LogP contribution in [0.5, 0.6) is 0 Å². The van der Waals surface area contributed by atoms with E-state index in [1.807, 2.05) is 62.4 Å². The van der Waals surface area contributed by atoms with E-state index in [4.69, 9.17) is 0 Å². The lowest BCUT2D eigenvalue weighted by molar-refractivity contribution is -0.858. The SMILES string of the molecule is Cc1ccc(C)c(C(O)=C2C(=O)C(=O)N(CCC[NH+](C)C)C2c2ccccc2)c1. The standard InChI is InChI=1S/C24H28N2O3/c1-16-11-12-17(2)19(15-16)22(27)20-21(18-9-6-5-7-10-18)26(24(29)23(20)28)14-8-13-25(3)4/h5-7,9-12,15,21,27H,8,13-14H2,1-4H3/p+1. The summed E-state index contributed by atoms with van der Waals surface area (Å²) >= 11 is 0. The second-order valence-electron chi connectivity index (χ2n) is 8.03. The molecule has 152 valence electrons. The number of hydrogen-bond acceptors (Lipinski definition) is 3. The minimum atomic E-state index is -0.616. The Kier molecular flexibility index (Phi) is 6.18. The summed E-state index contributed by atoms with van der Waals surface area (Å²) in [6.07, 6.45) is 0.780. The Morgan fingerprint density at radius 3 is 2.41 bits per heavy atom. The molecule has 0 saturated carbocycles. The van der Waals surface area contributed by atoms with Crippen molar-refractivity contribution in [3.8, 4) is 0 Å². The minimum Gasteiger partial charge on any atom is -0.507 e. The van der Waals surface area contributed by atoms with Crippen molar-refractivity contribution in [3.63, 3.8) is 0 Å².